The maximum atomic E-state index is 14.5. The molecule has 31 heavy (non-hydrogen) atoms. The van der Waals surface area contributed by atoms with Crippen LogP contribution in [0.15, 0.2) is 48.5 Å². The normalized spacial score (nSPS) is 13.4. The van der Waals surface area contributed by atoms with Gasteiger partial charge in [-0.3, -0.25) is 4.72 Å². The third kappa shape index (κ3) is 6.37. The van der Waals surface area contributed by atoms with Gasteiger partial charge in [-0.15, -0.1) is 11.3 Å². The Morgan fingerprint density at radius 3 is 2.29 bits per heavy atom. The standard InChI is InChI=1S/C25H30F2N2S2/c1-24(2,3)22(29-31-25(4,5)6)21-20(14-16-10-8-7-9-11-16)30-23(28-21)18-15-17(26)12-13-19(18)27/h7-13,15,22,29H,14H2,1-6H3/t22-/m0/s1. The predicted octanol–water partition coefficient (Wildman–Crippen LogP) is 7.80. The number of hydrogen-bond donors (Lipinski definition) is 1. The number of nitrogens with zero attached hydrogens (tertiary/aromatic N) is 1. The van der Waals surface area contributed by atoms with Gasteiger partial charge in [0.25, 0.3) is 0 Å². The van der Waals surface area contributed by atoms with Crippen LogP contribution >= 0.6 is 23.3 Å². The summed E-state index contributed by atoms with van der Waals surface area (Å²) in [6, 6.07) is 13.6. The van der Waals surface area contributed by atoms with Gasteiger partial charge < -0.3 is 0 Å². The fourth-order valence-electron chi connectivity index (χ4n) is 3.15. The molecule has 166 valence electrons. The second kappa shape index (κ2) is 9.39. The average Bonchev–Trinajstić information content (AvgIpc) is 3.06. The van der Waals surface area contributed by atoms with E-state index in [9.17, 15) is 8.78 Å². The van der Waals surface area contributed by atoms with Crippen LogP contribution in [0.2, 0.25) is 0 Å². The molecule has 2 nitrogen and oxygen atoms in total. The minimum absolute atomic E-state index is 0.0244. The number of rotatable bonds is 6. The van der Waals surface area contributed by atoms with Crippen LogP contribution in [0.5, 0.6) is 0 Å². The molecule has 1 aromatic heterocycles. The molecule has 1 N–H and O–H groups in total. The Labute approximate surface area is 192 Å². The smallest absolute Gasteiger partial charge is 0.133 e. The second-order valence-electron chi connectivity index (χ2n) is 9.75. The van der Waals surface area contributed by atoms with Crippen molar-refractivity contribution in [2.75, 3.05) is 0 Å². The Morgan fingerprint density at radius 2 is 1.68 bits per heavy atom. The topological polar surface area (TPSA) is 24.9 Å². The third-order valence-corrected chi connectivity index (χ3v) is 6.79. The van der Waals surface area contributed by atoms with Crippen LogP contribution in [0, 0.1) is 17.0 Å². The lowest BCUT2D eigenvalue weighted by Gasteiger charge is -2.33. The molecule has 0 saturated heterocycles. The van der Waals surface area contributed by atoms with Gasteiger partial charge >= 0.3 is 0 Å². The molecule has 0 amide bonds. The molecule has 0 unspecified atom stereocenters. The maximum absolute atomic E-state index is 14.5. The highest BCUT2D eigenvalue weighted by molar-refractivity contribution is 7.98. The van der Waals surface area contributed by atoms with Crippen LogP contribution in [-0.2, 0) is 6.42 Å². The molecule has 0 saturated carbocycles. The molecule has 0 aliphatic heterocycles. The lowest BCUT2D eigenvalue weighted by molar-refractivity contribution is 0.304. The summed E-state index contributed by atoms with van der Waals surface area (Å²) in [5, 5.41) is 0.509. The number of benzene rings is 2. The zero-order valence-electron chi connectivity index (χ0n) is 18.9. The van der Waals surface area contributed by atoms with E-state index < -0.39 is 11.6 Å². The quantitative estimate of drug-likeness (QED) is 0.380. The molecule has 1 heterocycles. The summed E-state index contributed by atoms with van der Waals surface area (Å²) >= 11 is 3.11. The first-order chi connectivity index (χ1) is 14.4. The summed E-state index contributed by atoms with van der Waals surface area (Å²) in [6.45, 7) is 13.0. The van der Waals surface area contributed by atoms with Gasteiger partial charge in [0.05, 0.1) is 11.7 Å². The van der Waals surface area contributed by atoms with E-state index in [0.717, 1.165) is 28.3 Å². The summed E-state index contributed by atoms with van der Waals surface area (Å²) in [5.41, 5.74) is 2.14. The average molecular weight is 461 g/mol. The van der Waals surface area contributed by atoms with Gasteiger partial charge in [-0.2, -0.15) is 0 Å². The molecular weight excluding hydrogens is 430 g/mol. The molecule has 3 aromatic rings. The first kappa shape index (κ1) is 23.9. The summed E-state index contributed by atoms with van der Waals surface area (Å²) in [7, 11) is 0. The molecule has 0 bridgehead atoms. The molecule has 0 aliphatic rings. The maximum Gasteiger partial charge on any atom is 0.133 e. The summed E-state index contributed by atoms with van der Waals surface area (Å²) in [4.78, 5) is 5.94. The number of halogens is 2. The molecule has 1 atom stereocenters. The minimum atomic E-state index is -0.466. The second-order valence-corrected chi connectivity index (χ2v) is 12.5. The minimum Gasteiger partial charge on any atom is -0.254 e. The van der Waals surface area contributed by atoms with E-state index in [-0.39, 0.29) is 21.8 Å². The molecular formula is C25H30F2N2S2. The number of aromatic nitrogens is 1. The summed E-state index contributed by atoms with van der Waals surface area (Å²) < 4.78 is 32.1. The van der Waals surface area contributed by atoms with Gasteiger partial charge in [0.15, 0.2) is 0 Å². The third-order valence-electron chi connectivity index (χ3n) is 4.72. The highest BCUT2D eigenvalue weighted by Crippen LogP contribution is 2.42. The zero-order valence-corrected chi connectivity index (χ0v) is 20.6. The van der Waals surface area contributed by atoms with E-state index in [4.69, 9.17) is 4.98 Å². The van der Waals surface area contributed by atoms with Crippen molar-refractivity contribution in [1.82, 2.24) is 9.71 Å². The fraction of sp³-hybridized carbons (Fsp3) is 0.400. The number of nitrogens with one attached hydrogen (secondary N) is 1. The lowest BCUT2D eigenvalue weighted by atomic mass is 9.84. The Kier molecular flexibility index (Phi) is 7.24. The molecule has 0 fully saturated rings. The van der Waals surface area contributed by atoms with E-state index in [1.165, 1.54) is 17.4 Å². The van der Waals surface area contributed by atoms with E-state index in [1.54, 1.807) is 11.9 Å². The highest BCUT2D eigenvalue weighted by atomic mass is 32.2. The van der Waals surface area contributed by atoms with Crippen molar-refractivity contribution < 1.29 is 8.78 Å². The summed E-state index contributed by atoms with van der Waals surface area (Å²) in [6.07, 6.45) is 0.694. The van der Waals surface area contributed by atoms with Gasteiger partial charge in [-0.05, 0) is 49.9 Å². The largest absolute Gasteiger partial charge is 0.254 e. The van der Waals surface area contributed by atoms with Crippen molar-refractivity contribution in [1.29, 1.82) is 0 Å². The van der Waals surface area contributed by atoms with E-state index in [1.807, 2.05) is 18.2 Å². The van der Waals surface area contributed by atoms with Gasteiger partial charge in [-0.1, -0.05) is 63.1 Å². The zero-order chi connectivity index (χ0) is 22.8. The van der Waals surface area contributed by atoms with Crippen LogP contribution in [0.3, 0.4) is 0 Å². The number of thiazole rings is 1. The van der Waals surface area contributed by atoms with E-state index >= 15 is 0 Å². The lowest BCUT2D eigenvalue weighted by Crippen LogP contribution is -2.32. The Balaban J connectivity index is 2.10. The molecule has 3 rings (SSSR count). The molecule has 0 radical (unpaired) electrons. The highest BCUT2D eigenvalue weighted by Gasteiger charge is 2.33. The first-order valence-electron chi connectivity index (χ1n) is 10.4. The van der Waals surface area contributed by atoms with E-state index in [0.29, 0.717) is 11.4 Å². The van der Waals surface area contributed by atoms with Crippen LogP contribution < -0.4 is 4.72 Å². The van der Waals surface area contributed by atoms with Crippen LogP contribution in [0.4, 0.5) is 8.78 Å². The fourth-order valence-corrected chi connectivity index (χ4v) is 5.24. The van der Waals surface area contributed by atoms with Gasteiger partial charge in [-0.25, -0.2) is 13.8 Å². The van der Waals surface area contributed by atoms with Crippen LogP contribution in [0.25, 0.3) is 10.6 Å². The van der Waals surface area contributed by atoms with Gasteiger partial charge in [0.1, 0.15) is 16.6 Å². The Morgan fingerprint density at radius 1 is 1.00 bits per heavy atom. The molecule has 0 spiro atoms. The Bertz CT molecular complexity index is 1020. The van der Waals surface area contributed by atoms with Crippen molar-refractivity contribution in [2.45, 2.75) is 58.8 Å². The van der Waals surface area contributed by atoms with Crippen molar-refractivity contribution in [3.8, 4) is 10.6 Å². The summed E-state index contributed by atoms with van der Waals surface area (Å²) in [5.74, 6) is -0.927. The van der Waals surface area contributed by atoms with Gasteiger partial charge in [0, 0.05) is 21.6 Å². The van der Waals surface area contributed by atoms with Crippen LogP contribution in [0.1, 0.15) is 63.7 Å². The predicted molar refractivity (Wildman–Crippen MR) is 129 cm³/mol. The van der Waals surface area contributed by atoms with Crippen molar-refractivity contribution in [3.63, 3.8) is 0 Å². The van der Waals surface area contributed by atoms with Crippen molar-refractivity contribution in [3.05, 3.63) is 76.3 Å². The monoisotopic (exact) mass is 460 g/mol. The first-order valence-corrected chi connectivity index (χ1v) is 12.0. The molecule has 6 heteroatoms. The van der Waals surface area contributed by atoms with Crippen LogP contribution in [-0.4, -0.2) is 9.73 Å². The van der Waals surface area contributed by atoms with Crippen molar-refractivity contribution >= 4 is 23.3 Å². The number of hydrogen-bond acceptors (Lipinski definition) is 4. The Hall–Kier alpha value is -1.76. The molecule has 2 aromatic carbocycles. The van der Waals surface area contributed by atoms with Gasteiger partial charge in [0.2, 0.25) is 0 Å². The van der Waals surface area contributed by atoms with E-state index in [2.05, 4.69) is 58.4 Å². The SMILES string of the molecule is CC(C)(C)SN[C@@H](c1nc(-c2cc(F)ccc2F)sc1Cc1ccccc1)C(C)(C)C. The van der Waals surface area contributed by atoms with Crippen molar-refractivity contribution in [2.24, 2.45) is 5.41 Å². The molecule has 0 aliphatic carbocycles.